The van der Waals surface area contributed by atoms with Gasteiger partial charge in [-0.15, -0.1) is 0 Å². The first-order chi connectivity index (χ1) is 11.7. The standard InChI is InChI=1S/C20H29NO4/c1-18(2)13-20(24-10-11-25-20)14-19(3,4)21(18)17(23)12-16(22)15-8-6-5-7-9-15/h5-9,16,22H,10-14H2,1-4H3. The lowest BCUT2D eigenvalue weighted by atomic mass is 9.75. The van der Waals surface area contributed by atoms with Crippen LogP contribution in [0.25, 0.3) is 0 Å². The molecule has 25 heavy (non-hydrogen) atoms. The Bertz CT molecular complexity index is 600. The predicted octanol–water partition coefficient (Wildman–Crippen LogP) is 3.03. The van der Waals surface area contributed by atoms with Crippen LogP contribution < -0.4 is 0 Å². The topological polar surface area (TPSA) is 59.0 Å². The molecular weight excluding hydrogens is 318 g/mol. The van der Waals surface area contributed by atoms with Crippen molar-refractivity contribution in [3.63, 3.8) is 0 Å². The van der Waals surface area contributed by atoms with Crippen LogP contribution in [0.1, 0.15) is 58.6 Å². The van der Waals surface area contributed by atoms with E-state index in [9.17, 15) is 9.90 Å². The molecule has 3 rings (SSSR count). The number of benzene rings is 1. The van der Waals surface area contributed by atoms with Crippen LogP contribution in [0.2, 0.25) is 0 Å². The second-order valence-electron chi connectivity index (χ2n) is 8.45. The van der Waals surface area contributed by atoms with Gasteiger partial charge in [0.1, 0.15) is 0 Å². The molecule has 5 nitrogen and oxygen atoms in total. The molecule has 0 bridgehead atoms. The van der Waals surface area contributed by atoms with Crippen LogP contribution >= 0.6 is 0 Å². The molecule has 0 radical (unpaired) electrons. The van der Waals surface area contributed by atoms with Crippen molar-refractivity contribution in [1.82, 2.24) is 4.90 Å². The van der Waals surface area contributed by atoms with E-state index in [4.69, 9.17) is 9.47 Å². The summed E-state index contributed by atoms with van der Waals surface area (Å²) < 4.78 is 11.8. The molecular formula is C20H29NO4. The summed E-state index contributed by atoms with van der Waals surface area (Å²) in [4.78, 5) is 15.0. The third-order valence-corrected chi connectivity index (χ3v) is 5.23. The third-order valence-electron chi connectivity index (χ3n) is 5.23. The van der Waals surface area contributed by atoms with Crippen LogP contribution in [0.4, 0.5) is 0 Å². The fraction of sp³-hybridized carbons (Fsp3) is 0.650. The molecule has 0 aliphatic carbocycles. The lowest BCUT2D eigenvalue weighted by Crippen LogP contribution is -2.67. The fourth-order valence-electron chi connectivity index (χ4n) is 4.78. The minimum absolute atomic E-state index is 0.0424. The summed E-state index contributed by atoms with van der Waals surface area (Å²) in [5.74, 6) is -0.638. The zero-order chi connectivity index (χ0) is 18.3. The SMILES string of the molecule is CC1(C)CC2(CC(C)(C)N1C(=O)CC(O)c1ccccc1)OCCO2. The van der Waals surface area contributed by atoms with Gasteiger partial charge < -0.3 is 19.5 Å². The lowest BCUT2D eigenvalue weighted by Gasteiger charge is -2.57. The average Bonchev–Trinajstić information content (AvgIpc) is 2.92. The number of carbonyl (C=O) groups is 1. The Morgan fingerprint density at radius 1 is 1.08 bits per heavy atom. The maximum Gasteiger partial charge on any atom is 0.226 e. The molecule has 1 aromatic rings. The first-order valence-electron chi connectivity index (χ1n) is 8.99. The molecule has 2 saturated heterocycles. The summed E-state index contributed by atoms with van der Waals surface area (Å²) in [5, 5.41) is 10.5. The highest BCUT2D eigenvalue weighted by atomic mass is 16.7. The Labute approximate surface area is 149 Å². The summed E-state index contributed by atoms with van der Waals surface area (Å²) in [6, 6.07) is 9.34. The van der Waals surface area contributed by atoms with E-state index in [2.05, 4.69) is 0 Å². The second kappa shape index (κ2) is 6.38. The van der Waals surface area contributed by atoms with Crippen LogP contribution in [0.5, 0.6) is 0 Å². The number of piperidine rings is 1. The largest absolute Gasteiger partial charge is 0.388 e. The number of aliphatic hydroxyl groups is 1. The Hall–Kier alpha value is -1.43. The number of hydrogen-bond acceptors (Lipinski definition) is 4. The quantitative estimate of drug-likeness (QED) is 0.913. The maximum atomic E-state index is 13.1. The molecule has 1 N–H and O–H groups in total. The van der Waals surface area contributed by atoms with Crippen LogP contribution in [0, 0.1) is 0 Å². The monoisotopic (exact) mass is 347 g/mol. The van der Waals surface area contributed by atoms with E-state index < -0.39 is 23.0 Å². The Kier molecular flexibility index (Phi) is 4.69. The number of likely N-dealkylation sites (tertiary alicyclic amines) is 1. The van der Waals surface area contributed by atoms with E-state index in [0.717, 1.165) is 5.56 Å². The van der Waals surface area contributed by atoms with Gasteiger partial charge in [-0.1, -0.05) is 30.3 Å². The molecule has 2 fully saturated rings. The van der Waals surface area contributed by atoms with Gasteiger partial charge in [0.2, 0.25) is 5.91 Å². The number of nitrogens with zero attached hydrogens (tertiary/aromatic N) is 1. The minimum Gasteiger partial charge on any atom is -0.388 e. The number of hydrogen-bond donors (Lipinski definition) is 1. The molecule has 1 amide bonds. The highest BCUT2D eigenvalue weighted by Crippen LogP contribution is 2.47. The van der Waals surface area contributed by atoms with Crippen LogP contribution in [-0.2, 0) is 14.3 Å². The number of carbonyl (C=O) groups excluding carboxylic acids is 1. The zero-order valence-electron chi connectivity index (χ0n) is 15.6. The first kappa shape index (κ1) is 18.4. The minimum atomic E-state index is -0.796. The first-order valence-corrected chi connectivity index (χ1v) is 8.99. The highest BCUT2D eigenvalue weighted by Gasteiger charge is 2.56. The number of aliphatic hydroxyl groups excluding tert-OH is 1. The van der Waals surface area contributed by atoms with Crippen molar-refractivity contribution in [2.75, 3.05) is 13.2 Å². The molecule has 1 spiro atoms. The summed E-state index contributed by atoms with van der Waals surface area (Å²) in [6.07, 6.45) is 0.550. The van der Waals surface area contributed by atoms with E-state index in [1.807, 2.05) is 62.9 Å². The van der Waals surface area contributed by atoms with Gasteiger partial charge in [0.15, 0.2) is 5.79 Å². The van der Waals surface area contributed by atoms with Crippen LogP contribution in [-0.4, -0.2) is 46.0 Å². The molecule has 0 saturated carbocycles. The summed E-state index contributed by atoms with van der Waals surface area (Å²) >= 11 is 0. The Morgan fingerprint density at radius 2 is 1.60 bits per heavy atom. The van der Waals surface area contributed by atoms with Crippen LogP contribution in [0.15, 0.2) is 30.3 Å². The second-order valence-corrected chi connectivity index (χ2v) is 8.45. The van der Waals surface area contributed by atoms with Crippen molar-refractivity contribution in [3.05, 3.63) is 35.9 Å². The predicted molar refractivity (Wildman–Crippen MR) is 94.9 cm³/mol. The molecule has 1 unspecified atom stereocenters. The Balaban J connectivity index is 1.79. The van der Waals surface area contributed by atoms with E-state index in [0.29, 0.717) is 26.1 Å². The summed E-state index contributed by atoms with van der Waals surface area (Å²) in [6.45, 7) is 9.40. The molecule has 2 aliphatic rings. The fourth-order valence-corrected chi connectivity index (χ4v) is 4.78. The van der Waals surface area contributed by atoms with Gasteiger partial charge in [0.05, 0.1) is 25.7 Å². The lowest BCUT2D eigenvalue weighted by molar-refractivity contribution is -0.237. The molecule has 2 heterocycles. The van der Waals surface area contributed by atoms with Crippen molar-refractivity contribution in [3.8, 4) is 0 Å². The maximum absolute atomic E-state index is 13.1. The summed E-state index contributed by atoms with van der Waals surface area (Å²) in [7, 11) is 0. The van der Waals surface area contributed by atoms with E-state index in [-0.39, 0.29) is 12.3 Å². The number of rotatable bonds is 3. The van der Waals surface area contributed by atoms with Gasteiger partial charge in [-0.05, 0) is 33.3 Å². The number of amides is 1. The molecule has 5 heteroatoms. The molecule has 138 valence electrons. The zero-order valence-corrected chi connectivity index (χ0v) is 15.6. The van der Waals surface area contributed by atoms with Crippen molar-refractivity contribution in [2.24, 2.45) is 0 Å². The van der Waals surface area contributed by atoms with Gasteiger partial charge >= 0.3 is 0 Å². The third kappa shape index (κ3) is 3.59. The van der Waals surface area contributed by atoms with E-state index in [1.54, 1.807) is 0 Å². The van der Waals surface area contributed by atoms with Gasteiger partial charge in [0, 0.05) is 23.9 Å². The van der Waals surface area contributed by atoms with Crippen molar-refractivity contribution in [1.29, 1.82) is 0 Å². The normalized spacial score (nSPS) is 25.1. The molecule has 0 aromatic heterocycles. The van der Waals surface area contributed by atoms with Crippen molar-refractivity contribution in [2.45, 2.75) is 69.9 Å². The van der Waals surface area contributed by atoms with E-state index in [1.165, 1.54) is 0 Å². The number of ether oxygens (including phenoxy) is 2. The average molecular weight is 347 g/mol. The molecule has 1 aromatic carbocycles. The van der Waals surface area contributed by atoms with Crippen molar-refractivity contribution >= 4 is 5.91 Å². The van der Waals surface area contributed by atoms with Crippen LogP contribution in [0.3, 0.4) is 0 Å². The van der Waals surface area contributed by atoms with Gasteiger partial charge in [-0.2, -0.15) is 0 Å². The van der Waals surface area contributed by atoms with Gasteiger partial charge in [-0.3, -0.25) is 4.79 Å². The van der Waals surface area contributed by atoms with Crippen molar-refractivity contribution < 1.29 is 19.4 Å². The Morgan fingerprint density at radius 3 is 2.12 bits per heavy atom. The molecule has 2 aliphatic heterocycles. The van der Waals surface area contributed by atoms with E-state index >= 15 is 0 Å². The highest BCUT2D eigenvalue weighted by molar-refractivity contribution is 5.78. The van der Waals surface area contributed by atoms with Gasteiger partial charge in [-0.25, -0.2) is 0 Å². The smallest absolute Gasteiger partial charge is 0.226 e. The van der Waals surface area contributed by atoms with Gasteiger partial charge in [0.25, 0.3) is 0 Å². The molecule has 1 atom stereocenters. The summed E-state index contributed by atoms with van der Waals surface area (Å²) in [5.41, 5.74) is -0.0681.